The van der Waals surface area contributed by atoms with Crippen molar-refractivity contribution < 1.29 is 23.1 Å². The Labute approximate surface area is 146 Å². The van der Waals surface area contributed by atoms with Crippen LogP contribution in [0.5, 0.6) is 5.75 Å². The van der Waals surface area contributed by atoms with Crippen molar-refractivity contribution in [3.8, 4) is 5.75 Å². The molecule has 1 aliphatic carbocycles. The Balaban J connectivity index is 1.90. The monoisotopic (exact) mass is 367 g/mol. The van der Waals surface area contributed by atoms with Crippen molar-refractivity contribution in [3.05, 3.63) is 18.2 Å². The summed E-state index contributed by atoms with van der Waals surface area (Å²) in [5, 5.41) is 10.2. The first kappa shape index (κ1) is 17.7. The number of phenolic OH excluding ortho intramolecular Hbond substituents is 1. The highest BCUT2D eigenvalue weighted by molar-refractivity contribution is 7.89. The van der Waals surface area contributed by atoms with Gasteiger partial charge < -0.3 is 5.11 Å². The molecular weight excluding hydrogens is 346 g/mol. The Kier molecular flexibility index (Phi) is 4.46. The summed E-state index contributed by atoms with van der Waals surface area (Å²) in [4.78, 5) is 27.3. The quantitative estimate of drug-likeness (QED) is 0.810. The third-order valence-electron chi connectivity index (χ3n) is 4.71. The van der Waals surface area contributed by atoms with Crippen molar-refractivity contribution in [2.75, 3.05) is 25.5 Å². The first-order valence-electron chi connectivity index (χ1n) is 8.12. The van der Waals surface area contributed by atoms with Gasteiger partial charge in [0.2, 0.25) is 10.0 Å². The van der Waals surface area contributed by atoms with Crippen molar-refractivity contribution in [1.82, 2.24) is 9.21 Å². The summed E-state index contributed by atoms with van der Waals surface area (Å²) in [5.74, 6) is -0.640. The molecule has 0 bridgehead atoms. The summed E-state index contributed by atoms with van der Waals surface area (Å²) in [6, 6.07) is 3.23. The van der Waals surface area contributed by atoms with Crippen LogP contribution < -0.4 is 4.90 Å². The summed E-state index contributed by atoms with van der Waals surface area (Å²) in [6.07, 6.45) is 3.59. The summed E-state index contributed by atoms with van der Waals surface area (Å²) in [5.41, 5.74) is 0.136. The third-order valence-corrected chi connectivity index (χ3v) is 6.52. The number of carbonyl (C=O) groups is 2. The normalized spacial score (nSPS) is 19.5. The molecule has 0 unspecified atom stereocenters. The van der Waals surface area contributed by atoms with Crippen LogP contribution in [0.3, 0.4) is 0 Å². The fourth-order valence-corrected chi connectivity index (χ4v) is 4.25. The summed E-state index contributed by atoms with van der Waals surface area (Å²) in [7, 11) is -0.913. The number of hydrogen-bond donors (Lipinski definition) is 1. The van der Waals surface area contributed by atoms with Gasteiger partial charge in [0.25, 0.3) is 5.91 Å². The molecule has 2 aliphatic rings. The molecule has 1 N–H and O–H groups in total. The Hall–Kier alpha value is -2.13. The van der Waals surface area contributed by atoms with Crippen LogP contribution in [0.1, 0.15) is 25.7 Å². The van der Waals surface area contributed by atoms with E-state index in [0.717, 1.165) is 36.1 Å². The fourth-order valence-electron chi connectivity index (χ4n) is 3.33. The second kappa shape index (κ2) is 6.30. The van der Waals surface area contributed by atoms with Crippen LogP contribution in [0.15, 0.2) is 23.1 Å². The number of carbonyl (C=O) groups excluding carboxylic acids is 2. The molecule has 1 saturated heterocycles. The molecular formula is C16H21N3O5S. The van der Waals surface area contributed by atoms with Crippen LogP contribution >= 0.6 is 0 Å². The molecule has 1 aromatic carbocycles. The van der Waals surface area contributed by atoms with E-state index in [-0.39, 0.29) is 34.8 Å². The molecule has 0 spiro atoms. The lowest BCUT2D eigenvalue weighted by Gasteiger charge is -2.23. The van der Waals surface area contributed by atoms with E-state index in [1.807, 2.05) is 0 Å². The molecule has 1 saturated carbocycles. The number of phenols is 1. The van der Waals surface area contributed by atoms with E-state index >= 15 is 0 Å². The van der Waals surface area contributed by atoms with Gasteiger partial charge in [-0.15, -0.1) is 0 Å². The lowest BCUT2D eigenvalue weighted by atomic mass is 10.2. The fraction of sp³-hybridized carbons (Fsp3) is 0.500. The standard InChI is InChI=1S/C16H21N3O5S/c1-17(2)25(23,24)12-7-8-13(14(20)9-12)18-10-15(21)19(16(18)22)11-5-3-4-6-11/h7-9,11,20H,3-6,10H2,1-2H3. The minimum Gasteiger partial charge on any atom is -0.506 e. The number of imide groups is 1. The van der Waals surface area contributed by atoms with Gasteiger partial charge in [-0.25, -0.2) is 17.5 Å². The zero-order chi connectivity index (χ0) is 18.4. The van der Waals surface area contributed by atoms with Gasteiger partial charge in [-0.2, -0.15) is 0 Å². The number of sulfonamides is 1. The number of rotatable bonds is 4. The highest BCUT2D eigenvalue weighted by Gasteiger charge is 2.42. The number of aromatic hydroxyl groups is 1. The molecule has 1 aliphatic heterocycles. The average molecular weight is 367 g/mol. The highest BCUT2D eigenvalue weighted by Crippen LogP contribution is 2.35. The SMILES string of the molecule is CN(C)S(=O)(=O)c1ccc(N2CC(=O)N(C3CCCC3)C2=O)c(O)c1. The number of anilines is 1. The molecule has 2 fully saturated rings. The second-order valence-corrected chi connectivity index (χ2v) is 8.66. The zero-order valence-electron chi connectivity index (χ0n) is 14.2. The Bertz CT molecular complexity index is 815. The predicted molar refractivity (Wildman–Crippen MR) is 90.8 cm³/mol. The molecule has 25 heavy (non-hydrogen) atoms. The topological polar surface area (TPSA) is 98.2 Å². The number of urea groups is 1. The van der Waals surface area contributed by atoms with Crippen molar-refractivity contribution >= 4 is 27.6 Å². The maximum Gasteiger partial charge on any atom is 0.332 e. The smallest absolute Gasteiger partial charge is 0.332 e. The van der Waals surface area contributed by atoms with Gasteiger partial charge in [-0.1, -0.05) is 12.8 Å². The van der Waals surface area contributed by atoms with Crippen LogP contribution in [-0.4, -0.2) is 61.3 Å². The molecule has 136 valence electrons. The van der Waals surface area contributed by atoms with E-state index in [4.69, 9.17) is 0 Å². The van der Waals surface area contributed by atoms with Crippen molar-refractivity contribution in [3.63, 3.8) is 0 Å². The van der Waals surface area contributed by atoms with E-state index in [9.17, 15) is 23.1 Å². The first-order chi connectivity index (χ1) is 11.7. The lowest BCUT2D eigenvalue weighted by Crippen LogP contribution is -2.39. The lowest BCUT2D eigenvalue weighted by molar-refractivity contribution is -0.126. The number of hydrogen-bond acceptors (Lipinski definition) is 5. The van der Waals surface area contributed by atoms with Crippen molar-refractivity contribution in [1.29, 1.82) is 0 Å². The van der Waals surface area contributed by atoms with E-state index in [2.05, 4.69) is 0 Å². The van der Waals surface area contributed by atoms with Crippen LogP contribution in [0, 0.1) is 0 Å². The van der Waals surface area contributed by atoms with Gasteiger partial charge in [0.1, 0.15) is 12.3 Å². The molecule has 0 radical (unpaired) electrons. The van der Waals surface area contributed by atoms with Crippen LogP contribution in [0.4, 0.5) is 10.5 Å². The van der Waals surface area contributed by atoms with Gasteiger partial charge in [-0.3, -0.25) is 14.6 Å². The average Bonchev–Trinajstić information content (AvgIpc) is 3.15. The summed E-state index contributed by atoms with van der Waals surface area (Å²) >= 11 is 0. The van der Waals surface area contributed by atoms with Crippen LogP contribution in [0.25, 0.3) is 0 Å². The molecule has 1 heterocycles. The van der Waals surface area contributed by atoms with Gasteiger partial charge in [0.15, 0.2) is 0 Å². The van der Waals surface area contributed by atoms with E-state index < -0.39 is 16.1 Å². The molecule has 9 heteroatoms. The van der Waals surface area contributed by atoms with Gasteiger partial charge in [-0.05, 0) is 25.0 Å². The highest BCUT2D eigenvalue weighted by atomic mass is 32.2. The van der Waals surface area contributed by atoms with Gasteiger partial charge in [0.05, 0.1) is 10.6 Å². The third kappa shape index (κ3) is 2.98. The second-order valence-electron chi connectivity index (χ2n) is 6.51. The number of nitrogens with zero attached hydrogens (tertiary/aromatic N) is 3. The summed E-state index contributed by atoms with van der Waals surface area (Å²) in [6.45, 7) is -0.150. The van der Waals surface area contributed by atoms with E-state index in [1.165, 1.54) is 36.0 Å². The molecule has 3 rings (SSSR count). The largest absolute Gasteiger partial charge is 0.506 e. The Morgan fingerprint density at radius 1 is 1.16 bits per heavy atom. The van der Waals surface area contributed by atoms with Crippen LogP contribution in [0.2, 0.25) is 0 Å². The van der Waals surface area contributed by atoms with Gasteiger partial charge in [0, 0.05) is 26.2 Å². The molecule has 0 atom stereocenters. The number of amides is 3. The van der Waals surface area contributed by atoms with Crippen LogP contribution in [-0.2, 0) is 14.8 Å². The zero-order valence-corrected chi connectivity index (χ0v) is 15.0. The van der Waals surface area contributed by atoms with E-state index in [0.29, 0.717) is 0 Å². The molecule has 3 amide bonds. The van der Waals surface area contributed by atoms with Gasteiger partial charge >= 0.3 is 6.03 Å². The molecule has 8 nitrogen and oxygen atoms in total. The maximum absolute atomic E-state index is 12.6. The van der Waals surface area contributed by atoms with E-state index in [1.54, 1.807) is 0 Å². The predicted octanol–water partition coefficient (Wildman–Crippen LogP) is 1.35. The maximum atomic E-state index is 12.6. The minimum atomic E-state index is -3.70. The number of benzene rings is 1. The first-order valence-corrected chi connectivity index (χ1v) is 9.56. The molecule has 1 aromatic rings. The molecule has 0 aromatic heterocycles. The summed E-state index contributed by atoms with van der Waals surface area (Å²) < 4.78 is 25.3. The van der Waals surface area contributed by atoms with Crippen molar-refractivity contribution in [2.45, 2.75) is 36.6 Å². The minimum absolute atomic E-state index is 0.0793. The Morgan fingerprint density at radius 2 is 1.80 bits per heavy atom. The Morgan fingerprint density at radius 3 is 2.36 bits per heavy atom. The van der Waals surface area contributed by atoms with Crippen molar-refractivity contribution in [2.24, 2.45) is 0 Å².